The first-order valence-electron chi connectivity index (χ1n) is 6.42. The Morgan fingerprint density at radius 2 is 2.00 bits per heavy atom. The van der Waals surface area contributed by atoms with Crippen LogP contribution in [0.1, 0.15) is 42.9 Å². The van der Waals surface area contributed by atoms with Crippen LogP contribution in [0.25, 0.3) is 0 Å². The largest absolute Gasteiger partial charge is 0.496 e. The van der Waals surface area contributed by atoms with Crippen LogP contribution < -0.4 is 10.1 Å². The molecule has 2 nitrogen and oxygen atoms in total. The van der Waals surface area contributed by atoms with Crippen molar-refractivity contribution in [3.8, 4) is 5.75 Å². The van der Waals surface area contributed by atoms with Crippen molar-refractivity contribution >= 4 is 0 Å². The van der Waals surface area contributed by atoms with Crippen LogP contribution in [-0.2, 0) is 6.42 Å². The third kappa shape index (κ3) is 3.74. The van der Waals surface area contributed by atoms with Gasteiger partial charge in [0.1, 0.15) is 5.75 Å². The van der Waals surface area contributed by atoms with E-state index in [4.69, 9.17) is 4.74 Å². The van der Waals surface area contributed by atoms with Crippen LogP contribution in [0.4, 0.5) is 0 Å². The van der Waals surface area contributed by atoms with Crippen molar-refractivity contribution in [2.45, 2.75) is 39.5 Å². The van der Waals surface area contributed by atoms with Gasteiger partial charge in [0.15, 0.2) is 0 Å². The highest BCUT2D eigenvalue weighted by Crippen LogP contribution is 2.30. The zero-order valence-electron chi connectivity index (χ0n) is 11.8. The summed E-state index contributed by atoms with van der Waals surface area (Å²) in [6, 6.07) is 4.48. The number of hydrogen-bond donors (Lipinski definition) is 1. The average molecular weight is 235 g/mol. The summed E-state index contributed by atoms with van der Waals surface area (Å²) >= 11 is 0. The van der Waals surface area contributed by atoms with E-state index in [-0.39, 0.29) is 0 Å². The first-order chi connectivity index (χ1) is 8.10. The molecule has 0 bridgehead atoms. The van der Waals surface area contributed by atoms with Crippen LogP contribution in [0.3, 0.4) is 0 Å². The van der Waals surface area contributed by atoms with E-state index >= 15 is 0 Å². The van der Waals surface area contributed by atoms with E-state index in [9.17, 15) is 0 Å². The number of nitrogens with one attached hydrogen (secondary N) is 1. The third-order valence-electron chi connectivity index (χ3n) is 3.18. The van der Waals surface area contributed by atoms with Gasteiger partial charge in [-0.25, -0.2) is 0 Å². The first kappa shape index (κ1) is 14.0. The molecule has 1 aromatic rings. The Labute approximate surface area is 105 Å². The summed E-state index contributed by atoms with van der Waals surface area (Å²) in [5.41, 5.74) is 4.10. The lowest BCUT2D eigenvalue weighted by Gasteiger charge is -2.16. The Bertz CT molecular complexity index is 358. The van der Waals surface area contributed by atoms with Crippen molar-refractivity contribution in [3.63, 3.8) is 0 Å². The maximum Gasteiger partial charge on any atom is 0.122 e. The third-order valence-corrected chi connectivity index (χ3v) is 3.18. The molecule has 0 saturated heterocycles. The molecule has 0 unspecified atom stereocenters. The Morgan fingerprint density at radius 1 is 1.29 bits per heavy atom. The van der Waals surface area contributed by atoms with Gasteiger partial charge in [0.25, 0.3) is 0 Å². The maximum absolute atomic E-state index is 5.46. The molecule has 0 saturated carbocycles. The molecule has 0 spiro atoms. The molecule has 2 heteroatoms. The van der Waals surface area contributed by atoms with Crippen molar-refractivity contribution in [2.24, 2.45) is 0 Å². The van der Waals surface area contributed by atoms with Crippen LogP contribution in [0, 0.1) is 6.92 Å². The van der Waals surface area contributed by atoms with Crippen molar-refractivity contribution in [2.75, 3.05) is 20.7 Å². The average Bonchev–Trinajstić information content (AvgIpc) is 2.30. The van der Waals surface area contributed by atoms with Gasteiger partial charge < -0.3 is 10.1 Å². The van der Waals surface area contributed by atoms with Crippen LogP contribution in [-0.4, -0.2) is 20.7 Å². The SMILES string of the molecule is CNCCCc1cc(C(C)C)c(OC)cc1C. The van der Waals surface area contributed by atoms with E-state index in [2.05, 4.69) is 38.2 Å². The molecule has 0 heterocycles. The van der Waals surface area contributed by atoms with Crippen molar-refractivity contribution in [3.05, 3.63) is 28.8 Å². The number of aryl methyl sites for hydroxylation is 2. The van der Waals surface area contributed by atoms with E-state index in [0.29, 0.717) is 5.92 Å². The number of benzene rings is 1. The molecule has 0 aliphatic rings. The monoisotopic (exact) mass is 235 g/mol. The van der Waals surface area contributed by atoms with Crippen molar-refractivity contribution in [1.29, 1.82) is 0 Å². The summed E-state index contributed by atoms with van der Waals surface area (Å²) < 4.78 is 5.46. The molecule has 0 aliphatic carbocycles. The van der Waals surface area contributed by atoms with Crippen molar-refractivity contribution in [1.82, 2.24) is 5.32 Å². The van der Waals surface area contributed by atoms with Gasteiger partial charge in [-0.2, -0.15) is 0 Å². The van der Waals surface area contributed by atoms with E-state index in [1.54, 1.807) is 7.11 Å². The molecular weight excluding hydrogens is 210 g/mol. The number of rotatable bonds is 6. The molecular formula is C15H25NO. The molecule has 96 valence electrons. The lowest BCUT2D eigenvalue weighted by molar-refractivity contribution is 0.407. The lowest BCUT2D eigenvalue weighted by Crippen LogP contribution is -2.09. The van der Waals surface area contributed by atoms with Gasteiger partial charge in [0.2, 0.25) is 0 Å². The second-order valence-corrected chi connectivity index (χ2v) is 4.88. The summed E-state index contributed by atoms with van der Waals surface area (Å²) in [4.78, 5) is 0. The Kier molecular flexibility index (Phi) is 5.49. The standard InChI is InChI=1S/C15H25NO/c1-11(2)14-10-13(7-6-8-16-4)12(3)9-15(14)17-5/h9-11,16H,6-8H2,1-5H3. The summed E-state index contributed by atoms with van der Waals surface area (Å²) in [6.07, 6.45) is 2.32. The van der Waals surface area contributed by atoms with E-state index in [1.165, 1.54) is 23.1 Å². The van der Waals surface area contributed by atoms with Gasteiger partial charge in [0, 0.05) is 0 Å². The predicted octanol–water partition coefficient (Wildman–Crippen LogP) is 3.28. The predicted molar refractivity (Wildman–Crippen MR) is 74.1 cm³/mol. The molecule has 0 aromatic heterocycles. The lowest BCUT2D eigenvalue weighted by atomic mass is 9.94. The maximum atomic E-state index is 5.46. The zero-order valence-corrected chi connectivity index (χ0v) is 11.8. The fourth-order valence-corrected chi connectivity index (χ4v) is 2.10. The van der Waals surface area contributed by atoms with Crippen LogP contribution in [0.2, 0.25) is 0 Å². The molecule has 1 aromatic carbocycles. The van der Waals surface area contributed by atoms with Gasteiger partial charge in [-0.15, -0.1) is 0 Å². The van der Waals surface area contributed by atoms with Gasteiger partial charge in [0.05, 0.1) is 7.11 Å². The summed E-state index contributed by atoms with van der Waals surface area (Å²) in [7, 11) is 3.75. The molecule has 1 N–H and O–H groups in total. The Morgan fingerprint density at radius 3 is 2.53 bits per heavy atom. The number of ether oxygens (including phenoxy) is 1. The van der Waals surface area contributed by atoms with Crippen LogP contribution in [0.15, 0.2) is 12.1 Å². The van der Waals surface area contributed by atoms with E-state index in [0.717, 1.165) is 18.7 Å². The molecule has 0 radical (unpaired) electrons. The van der Waals surface area contributed by atoms with Gasteiger partial charge in [-0.05, 0) is 62.0 Å². The molecule has 17 heavy (non-hydrogen) atoms. The normalized spacial score (nSPS) is 10.9. The second kappa shape index (κ2) is 6.65. The minimum atomic E-state index is 0.508. The van der Waals surface area contributed by atoms with Crippen LogP contribution >= 0.6 is 0 Å². The van der Waals surface area contributed by atoms with Crippen LogP contribution in [0.5, 0.6) is 5.75 Å². The second-order valence-electron chi connectivity index (χ2n) is 4.88. The van der Waals surface area contributed by atoms with Crippen molar-refractivity contribution < 1.29 is 4.74 Å². The molecule has 0 fully saturated rings. The number of methoxy groups -OCH3 is 1. The summed E-state index contributed by atoms with van der Waals surface area (Å²) in [6.45, 7) is 7.67. The Balaban J connectivity index is 2.94. The summed E-state index contributed by atoms with van der Waals surface area (Å²) in [5.74, 6) is 1.53. The fourth-order valence-electron chi connectivity index (χ4n) is 2.10. The highest BCUT2D eigenvalue weighted by atomic mass is 16.5. The van der Waals surface area contributed by atoms with Gasteiger partial charge in [-0.1, -0.05) is 19.9 Å². The van der Waals surface area contributed by atoms with Gasteiger partial charge in [-0.3, -0.25) is 0 Å². The molecule has 0 aliphatic heterocycles. The quantitative estimate of drug-likeness (QED) is 0.764. The zero-order chi connectivity index (χ0) is 12.8. The topological polar surface area (TPSA) is 21.3 Å². The van der Waals surface area contributed by atoms with Gasteiger partial charge >= 0.3 is 0 Å². The highest BCUT2D eigenvalue weighted by molar-refractivity contribution is 5.43. The fraction of sp³-hybridized carbons (Fsp3) is 0.600. The van der Waals surface area contributed by atoms with E-state index < -0.39 is 0 Å². The highest BCUT2D eigenvalue weighted by Gasteiger charge is 2.10. The van der Waals surface area contributed by atoms with E-state index in [1.807, 2.05) is 7.05 Å². The Hall–Kier alpha value is -1.02. The smallest absolute Gasteiger partial charge is 0.122 e. The molecule has 0 amide bonds. The first-order valence-corrected chi connectivity index (χ1v) is 6.42. The number of hydrogen-bond acceptors (Lipinski definition) is 2. The molecule has 1 rings (SSSR count). The minimum absolute atomic E-state index is 0.508. The minimum Gasteiger partial charge on any atom is -0.496 e. The summed E-state index contributed by atoms with van der Waals surface area (Å²) in [5, 5.41) is 3.19. The molecule has 0 atom stereocenters.